The second-order valence-corrected chi connectivity index (χ2v) is 7.16. The summed E-state index contributed by atoms with van der Waals surface area (Å²) in [5.41, 5.74) is 1.79. The maximum atomic E-state index is 12.3. The maximum absolute atomic E-state index is 12.3. The van der Waals surface area contributed by atoms with E-state index < -0.39 is 5.25 Å². The molecule has 0 saturated carbocycles. The second-order valence-electron chi connectivity index (χ2n) is 5.97. The number of carbonyl (C=O) groups is 2. The van der Waals surface area contributed by atoms with Gasteiger partial charge in [0.1, 0.15) is 11.0 Å². The van der Waals surface area contributed by atoms with Crippen LogP contribution in [0.1, 0.15) is 12.0 Å². The molecule has 0 bridgehead atoms. The molecule has 1 atom stereocenters. The second kappa shape index (κ2) is 9.23. The Morgan fingerprint density at radius 1 is 1.19 bits per heavy atom. The molecule has 2 amide bonds. The van der Waals surface area contributed by atoms with Gasteiger partial charge in [0.25, 0.3) is 0 Å². The molecule has 0 aromatic heterocycles. The molecule has 1 aliphatic rings. The third-order valence-corrected chi connectivity index (χ3v) is 5.15. The number of rotatable bonds is 7. The maximum Gasteiger partial charge on any atom is 0.240 e. The number of nitrogens with one attached hydrogen (secondary N) is 2. The molecule has 27 heavy (non-hydrogen) atoms. The van der Waals surface area contributed by atoms with E-state index in [4.69, 9.17) is 4.74 Å². The first kappa shape index (κ1) is 19.0. The predicted octanol–water partition coefficient (Wildman–Crippen LogP) is 2.85. The zero-order valence-electron chi connectivity index (χ0n) is 15.0. The van der Waals surface area contributed by atoms with Crippen molar-refractivity contribution in [1.29, 1.82) is 0 Å². The summed E-state index contributed by atoms with van der Waals surface area (Å²) in [5.74, 6) is 0.156. The highest BCUT2D eigenvalue weighted by Crippen LogP contribution is 2.26. The molecule has 3 rings (SSSR count). The molecule has 0 aliphatic carbocycles. The number of thioether (sulfide) groups is 1. The summed E-state index contributed by atoms with van der Waals surface area (Å²) in [5, 5.41) is 5.64. The van der Waals surface area contributed by atoms with Crippen molar-refractivity contribution in [2.24, 2.45) is 4.99 Å². The van der Waals surface area contributed by atoms with Gasteiger partial charge in [0.2, 0.25) is 11.8 Å². The molecule has 2 aromatic rings. The molecule has 1 unspecified atom stereocenters. The van der Waals surface area contributed by atoms with Crippen molar-refractivity contribution < 1.29 is 14.3 Å². The van der Waals surface area contributed by atoms with Gasteiger partial charge in [-0.3, -0.25) is 14.6 Å². The van der Waals surface area contributed by atoms with Crippen LogP contribution < -0.4 is 15.4 Å². The Morgan fingerprint density at radius 2 is 1.93 bits per heavy atom. The van der Waals surface area contributed by atoms with Crippen molar-refractivity contribution in [3.8, 4) is 5.75 Å². The van der Waals surface area contributed by atoms with Gasteiger partial charge in [-0.05, 0) is 24.1 Å². The molecule has 6 nitrogen and oxygen atoms in total. The minimum Gasteiger partial charge on any atom is -0.495 e. The summed E-state index contributed by atoms with van der Waals surface area (Å²) < 4.78 is 5.22. The van der Waals surface area contributed by atoms with Crippen molar-refractivity contribution in [2.45, 2.75) is 18.1 Å². The molecule has 1 saturated heterocycles. The van der Waals surface area contributed by atoms with Crippen LogP contribution in [-0.2, 0) is 16.0 Å². The Bertz CT molecular complexity index is 839. The van der Waals surface area contributed by atoms with Crippen LogP contribution in [-0.4, -0.2) is 35.9 Å². The fourth-order valence-electron chi connectivity index (χ4n) is 2.66. The van der Waals surface area contributed by atoms with Crippen molar-refractivity contribution in [1.82, 2.24) is 5.32 Å². The van der Waals surface area contributed by atoms with Gasteiger partial charge in [0.15, 0.2) is 5.17 Å². The van der Waals surface area contributed by atoms with E-state index in [0.29, 0.717) is 23.1 Å². The number of nitrogens with zero attached hydrogens (tertiary/aromatic N) is 1. The first-order valence-electron chi connectivity index (χ1n) is 8.64. The molecule has 140 valence electrons. The van der Waals surface area contributed by atoms with Gasteiger partial charge in [-0.2, -0.15) is 0 Å². The van der Waals surface area contributed by atoms with E-state index >= 15 is 0 Å². The lowest BCUT2D eigenvalue weighted by Crippen LogP contribution is -2.28. The number of hydrogen-bond acceptors (Lipinski definition) is 5. The standard InChI is InChI=1S/C20H21N3O3S/c1-26-16-10-6-5-9-15(16)22-18(24)13-17-19(25)23-20(27-17)21-12-11-14-7-3-2-4-8-14/h2-10,17H,11-13H2,1H3,(H,22,24)(H,21,23,25). The summed E-state index contributed by atoms with van der Waals surface area (Å²) in [4.78, 5) is 28.8. The van der Waals surface area contributed by atoms with Gasteiger partial charge < -0.3 is 15.4 Å². The Morgan fingerprint density at radius 3 is 2.70 bits per heavy atom. The topological polar surface area (TPSA) is 79.8 Å². The monoisotopic (exact) mass is 383 g/mol. The summed E-state index contributed by atoms with van der Waals surface area (Å²) in [7, 11) is 1.55. The van der Waals surface area contributed by atoms with Crippen LogP contribution in [0.15, 0.2) is 59.6 Å². The highest BCUT2D eigenvalue weighted by Gasteiger charge is 2.32. The zero-order chi connectivity index (χ0) is 19.1. The number of ether oxygens (including phenoxy) is 1. The smallest absolute Gasteiger partial charge is 0.240 e. The lowest BCUT2D eigenvalue weighted by atomic mass is 10.2. The number of anilines is 1. The van der Waals surface area contributed by atoms with Crippen LogP contribution in [0.4, 0.5) is 5.69 Å². The number of hydrogen-bond donors (Lipinski definition) is 2. The molecule has 2 aromatic carbocycles. The fraction of sp³-hybridized carbons (Fsp3) is 0.250. The summed E-state index contributed by atoms with van der Waals surface area (Å²) in [6, 6.07) is 17.2. The molecule has 0 radical (unpaired) electrons. The lowest BCUT2D eigenvalue weighted by Gasteiger charge is -2.10. The number of amidine groups is 1. The van der Waals surface area contributed by atoms with Crippen LogP contribution in [0.5, 0.6) is 5.75 Å². The van der Waals surface area contributed by atoms with E-state index in [1.807, 2.05) is 42.5 Å². The lowest BCUT2D eigenvalue weighted by molar-refractivity contribution is -0.122. The largest absolute Gasteiger partial charge is 0.495 e. The van der Waals surface area contributed by atoms with Gasteiger partial charge in [-0.1, -0.05) is 54.2 Å². The predicted molar refractivity (Wildman–Crippen MR) is 108 cm³/mol. The Hall–Kier alpha value is -2.80. The highest BCUT2D eigenvalue weighted by molar-refractivity contribution is 8.15. The number of benzene rings is 2. The van der Waals surface area contributed by atoms with Crippen molar-refractivity contribution >= 4 is 34.4 Å². The molecule has 7 heteroatoms. The van der Waals surface area contributed by atoms with Gasteiger partial charge in [-0.25, -0.2) is 0 Å². The normalized spacial score (nSPS) is 17.6. The average Bonchev–Trinajstić information content (AvgIpc) is 3.02. The van der Waals surface area contributed by atoms with Crippen molar-refractivity contribution in [2.75, 3.05) is 19.0 Å². The Labute approximate surface area is 162 Å². The van der Waals surface area contributed by atoms with Crippen LogP contribution in [0, 0.1) is 0 Å². The quantitative estimate of drug-likeness (QED) is 0.771. The van der Waals surface area contributed by atoms with E-state index in [0.717, 1.165) is 6.42 Å². The van der Waals surface area contributed by atoms with Crippen molar-refractivity contribution in [3.63, 3.8) is 0 Å². The van der Waals surface area contributed by atoms with Gasteiger partial charge in [-0.15, -0.1) is 0 Å². The molecule has 0 spiro atoms. The first-order valence-corrected chi connectivity index (χ1v) is 9.52. The number of amides is 2. The fourth-order valence-corrected chi connectivity index (χ4v) is 3.66. The number of carbonyl (C=O) groups excluding carboxylic acids is 2. The Kier molecular flexibility index (Phi) is 6.49. The third-order valence-electron chi connectivity index (χ3n) is 4.03. The van der Waals surface area contributed by atoms with E-state index in [-0.39, 0.29) is 18.2 Å². The van der Waals surface area contributed by atoms with E-state index in [9.17, 15) is 9.59 Å². The highest BCUT2D eigenvalue weighted by atomic mass is 32.2. The Balaban J connectivity index is 1.51. The van der Waals surface area contributed by atoms with Crippen LogP contribution >= 0.6 is 11.8 Å². The third kappa shape index (κ3) is 5.34. The first-order chi connectivity index (χ1) is 13.2. The molecular formula is C20H21N3O3S. The summed E-state index contributed by atoms with van der Waals surface area (Å²) in [6.45, 7) is 0.590. The molecule has 2 N–H and O–H groups in total. The zero-order valence-corrected chi connectivity index (χ0v) is 15.8. The number of methoxy groups -OCH3 is 1. The van der Waals surface area contributed by atoms with E-state index in [1.54, 1.807) is 19.2 Å². The molecule has 1 aliphatic heterocycles. The minimum atomic E-state index is -0.477. The van der Waals surface area contributed by atoms with Gasteiger partial charge in [0.05, 0.1) is 12.8 Å². The van der Waals surface area contributed by atoms with Crippen LogP contribution in [0.2, 0.25) is 0 Å². The van der Waals surface area contributed by atoms with Crippen molar-refractivity contribution in [3.05, 3.63) is 60.2 Å². The SMILES string of the molecule is COc1ccccc1NC(=O)CC1SC(=NCCc2ccccc2)NC1=O. The average molecular weight is 383 g/mol. The van der Waals surface area contributed by atoms with Crippen LogP contribution in [0.25, 0.3) is 0 Å². The minimum absolute atomic E-state index is 0.0756. The summed E-state index contributed by atoms with van der Waals surface area (Å²) in [6.07, 6.45) is 0.881. The van der Waals surface area contributed by atoms with Gasteiger partial charge >= 0.3 is 0 Å². The number of para-hydroxylation sites is 2. The molecular weight excluding hydrogens is 362 g/mol. The van der Waals surface area contributed by atoms with E-state index in [1.165, 1.54) is 17.3 Å². The van der Waals surface area contributed by atoms with E-state index in [2.05, 4.69) is 15.6 Å². The van der Waals surface area contributed by atoms with Gasteiger partial charge in [0, 0.05) is 13.0 Å². The molecule has 1 heterocycles. The van der Waals surface area contributed by atoms with Crippen LogP contribution in [0.3, 0.4) is 0 Å². The number of aliphatic imine (C=N–C) groups is 1. The molecule has 1 fully saturated rings. The summed E-state index contributed by atoms with van der Waals surface area (Å²) >= 11 is 1.30.